The Morgan fingerprint density at radius 1 is 1.38 bits per heavy atom. The predicted octanol–water partition coefficient (Wildman–Crippen LogP) is 0.248. The SMILES string of the molecule is CCOc1cc(N2CC(N(C)Cc3nnc(C)o3)[C@H](O)C2)ncn1. The van der Waals surface area contributed by atoms with Gasteiger partial charge in [0, 0.05) is 26.1 Å². The molecule has 0 amide bonds. The van der Waals surface area contributed by atoms with E-state index in [1.165, 1.54) is 6.33 Å². The van der Waals surface area contributed by atoms with E-state index in [4.69, 9.17) is 9.15 Å². The van der Waals surface area contributed by atoms with E-state index < -0.39 is 6.10 Å². The second-order valence-electron chi connectivity index (χ2n) is 5.82. The minimum absolute atomic E-state index is 0.0530. The Balaban J connectivity index is 1.66. The Morgan fingerprint density at radius 3 is 2.92 bits per heavy atom. The number of ether oxygens (including phenoxy) is 1. The van der Waals surface area contributed by atoms with Crippen molar-refractivity contribution in [1.82, 2.24) is 25.1 Å². The molecule has 1 aliphatic heterocycles. The Bertz CT molecular complexity index is 679. The van der Waals surface area contributed by atoms with E-state index in [9.17, 15) is 5.11 Å². The highest BCUT2D eigenvalue weighted by Crippen LogP contribution is 2.24. The van der Waals surface area contributed by atoms with Gasteiger partial charge in [-0.25, -0.2) is 9.97 Å². The number of nitrogens with zero attached hydrogens (tertiary/aromatic N) is 6. The molecule has 1 aliphatic rings. The normalized spacial score (nSPS) is 20.8. The number of aliphatic hydroxyl groups excluding tert-OH is 1. The van der Waals surface area contributed by atoms with Crippen LogP contribution >= 0.6 is 0 Å². The molecule has 9 nitrogen and oxygen atoms in total. The first-order valence-corrected chi connectivity index (χ1v) is 7.94. The summed E-state index contributed by atoms with van der Waals surface area (Å²) in [6, 6.07) is 1.74. The topological polar surface area (TPSA) is 101 Å². The third-order valence-electron chi connectivity index (χ3n) is 4.02. The standard InChI is InChI=1S/C15H22N6O3/c1-4-23-14-5-13(16-9-17-14)21-6-11(12(22)7-21)20(3)8-15-19-18-10(2)24-15/h5,9,11-12,22H,4,6-8H2,1-3H3/t11?,12-/m1/s1. The number of rotatable bonds is 6. The molecule has 9 heteroatoms. The monoisotopic (exact) mass is 334 g/mol. The highest BCUT2D eigenvalue weighted by molar-refractivity contribution is 5.43. The van der Waals surface area contributed by atoms with Crippen LogP contribution in [0, 0.1) is 6.92 Å². The summed E-state index contributed by atoms with van der Waals surface area (Å²) in [7, 11) is 1.93. The van der Waals surface area contributed by atoms with Crippen LogP contribution in [0.1, 0.15) is 18.7 Å². The fourth-order valence-electron chi connectivity index (χ4n) is 2.85. The minimum Gasteiger partial charge on any atom is -0.478 e. The molecule has 1 N–H and O–H groups in total. The summed E-state index contributed by atoms with van der Waals surface area (Å²) < 4.78 is 10.8. The molecule has 2 atom stereocenters. The molecule has 130 valence electrons. The van der Waals surface area contributed by atoms with Crippen molar-refractivity contribution in [1.29, 1.82) is 0 Å². The summed E-state index contributed by atoms with van der Waals surface area (Å²) >= 11 is 0. The van der Waals surface area contributed by atoms with Crippen molar-refractivity contribution < 1.29 is 14.3 Å². The summed E-state index contributed by atoms with van der Waals surface area (Å²) in [6.07, 6.45) is 0.981. The second-order valence-corrected chi connectivity index (χ2v) is 5.82. The number of aryl methyl sites for hydroxylation is 1. The van der Waals surface area contributed by atoms with Crippen LogP contribution in [0.5, 0.6) is 5.88 Å². The van der Waals surface area contributed by atoms with Gasteiger partial charge in [0.25, 0.3) is 0 Å². The molecule has 0 saturated carbocycles. The van der Waals surface area contributed by atoms with Crippen LogP contribution in [0.15, 0.2) is 16.8 Å². The molecule has 0 spiro atoms. The van der Waals surface area contributed by atoms with E-state index in [0.29, 0.717) is 43.9 Å². The minimum atomic E-state index is -0.496. The maximum absolute atomic E-state index is 10.4. The molecule has 0 radical (unpaired) electrons. The molecule has 2 aromatic heterocycles. The van der Waals surface area contributed by atoms with Crippen molar-refractivity contribution in [3.8, 4) is 5.88 Å². The van der Waals surface area contributed by atoms with Crippen LogP contribution < -0.4 is 9.64 Å². The highest BCUT2D eigenvalue weighted by Gasteiger charge is 2.35. The molecule has 3 rings (SSSR count). The lowest BCUT2D eigenvalue weighted by Crippen LogP contribution is -2.40. The lowest BCUT2D eigenvalue weighted by molar-refractivity contribution is 0.0903. The van der Waals surface area contributed by atoms with Crippen molar-refractivity contribution in [2.24, 2.45) is 0 Å². The van der Waals surface area contributed by atoms with Gasteiger partial charge in [-0.3, -0.25) is 4.90 Å². The van der Waals surface area contributed by atoms with Crippen LogP contribution in [0.2, 0.25) is 0 Å². The Hall–Kier alpha value is -2.26. The molecular weight excluding hydrogens is 312 g/mol. The molecule has 0 aromatic carbocycles. The number of aromatic nitrogens is 4. The van der Waals surface area contributed by atoms with Crippen LogP contribution in [-0.4, -0.2) is 69.1 Å². The maximum Gasteiger partial charge on any atom is 0.230 e. The number of likely N-dealkylation sites (N-methyl/N-ethyl adjacent to an activating group) is 1. The first kappa shape index (κ1) is 16.6. The van der Waals surface area contributed by atoms with Gasteiger partial charge in [-0.05, 0) is 14.0 Å². The van der Waals surface area contributed by atoms with Gasteiger partial charge >= 0.3 is 0 Å². The van der Waals surface area contributed by atoms with Gasteiger partial charge in [-0.15, -0.1) is 10.2 Å². The lowest BCUT2D eigenvalue weighted by atomic mass is 10.2. The molecule has 2 aromatic rings. The number of hydrogen-bond donors (Lipinski definition) is 1. The molecule has 1 fully saturated rings. The van der Waals surface area contributed by atoms with Gasteiger partial charge in [-0.2, -0.15) is 0 Å². The third-order valence-corrected chi connectivity index (χ3v) is 4.02. The average molecular weight is 334 g/mol. The van der Waals surface area contributed by atoms with Gasteiger partial charge < -0.3 is 19.2 Å². The van der Waals surface area contributed by atoms with E-state index >= 15 is 0 Å². The zero-order chi connectivity index (χ0) is 17.1. The van der Waals surface area contributed by atoms with Gasteiger partial charge in [0.05, 0.1) is 25.3 Å². The number of hydrogen-bond acceptors (Lipinski definition) is 9. The van der Waals surface area contributed by atoms with Crippen molar-refractivity contribution in [3.05, 3.63) is 24.2 Å². The molecule has 1 saturated heterocycles. The maximum atomic E-state index is 10.4. The van der Waals surface area contributed by atoms with E-state index in [2.05, 4.69) is 20.2 Å². The molecule has 24 heavy (non-hydrogen) atoms. The van der Waals surface area contributed by atoms with Crippen molar-refractivity contribution >= 4 is 5.82 Å². The zero-order valence-corrected chi connectivity index (χ0v) is 14.1. The summed E-state index contributed by atoms with van der Waals surface area (Å²) in [5, 5.41) is 18.3. The highest BCUT2D eigenvalue weighted by atomic mass is 16.5. The summed E-state index contributed by atoms with van der Waals surface area (Å²) in [5.41, 5.74) is 0. The molecule has 3 heterocycles. The number of aliphatic hydroxyl groups is 1. The van der Waals surface area contributed by atoms with Gasteiger partial charge in [-0.1, -0.05) is 0 Å². The largest absolute Gasteiger partial charge is 0.478 e. The van der Waals surface area contributed by atoms with E-state index in [0.717, 1.165) is 5.82 Å². The fourth-order valence-corrected chi connectivity index (χ4v) is 2.85. The summed E-state index contributed by atoms with van der Waals surface area (Å²) in [4.78, 5) is 12.4. The summed E-state index contributed by atoms with van der Waals surface area (Å²) in [6.45, 7) is 5.85. The van der Waals surface area contributed by atoms with E-state index in [1.807, 2.05) is 23.8 Å². The van der Waals surface area contributed by atoms with Crippen LogP contribution in [0.3, 0.4) is 0 Å². The quantitative estimate of drug-likeness (QED) is 0.796. The summed E-state index contributed by atoms with van der Waals surface area (Å²) in [5.74, 6) is 2.37. The van der Waals surface area contributed by atoms with Crippen molar-refractivity contribution in [2.45, 2.75) is 32.5 Å². The van der Waals surface area contributed by atoms with Gasteiger partial charge in [0.15, 0.2) is 0 Å². The smallest absolute Gasteiger partial charge is 0.230 e. The van der Waals surface area contributed by atoms with Crippen molar-refractivity contribution in [2.75, 3.05) is 31.6 Å². The number of anilines is 1. The van der Waals surface area contributed by atoms with E-state index in [-0.39, 0.29) is 6.04 Å². The van der Waals surface area contributed by atoms with Gasteiger partial charge in [0.2, 0.25) is 17.7 Å². The van der Waals surface area contributed by atoms with Crippen molar-refractivity contribution in [3.63, 3.8) is 0 Å². The number of β-amino-alcohol motifs (C(OH)–C–C–N with tert-alkyl or cyclic N) is 1. The lowest BCUT2D eigenvalue weighted by Gasteiger charge is -2.25. The van der Waals surface area contributed by atoms with Crippen LogP contribution in [-0.2, 0) is 6.54 Å². The Morgan fingerprint density at radius 2 is 2.21 bits per heavy atom. The van der Waals surface area contributed by atoms with Crippen LogP contribution in [0.25, 0.3) is 0 Å². The first-order chi connectivity index (χ1) is 11.6. The first-order valence-electron chi connectivity index (χ1n) is 7.94. The Kier molecular flexibility index (Phi) is 4.91. The average Bonchev–Trinajstić information content (AvgIpc) is 3.14. The third kappa shape index (κ3) is 3.62. The second kappa shape index (κ2) is 7.10. The molecule has 0 bridgehead atoms. The molecule has 1 unspecified atom stereocenters. The van der Waals surface area contributed by atoms with Crippen LogP contribution in [0.4, 0.5) is 5.82 Å². The molecular formula is C15H22N6O3. The fraction of sp³-hybridized carbons (Fsp3) is 0.600. The molecule has 0 aliphatic carbocycles. The van der Waals surface area contributed by atoms with Gasteiger partial charge in [0.1, 0.15) is 12.1 Å². The van der Waals surface area contributed by atoms with E-state index in [1.54, 1.807) is 13.0 Å². The predicted molar refractivity (Wildman–Crippen MR) is 85.7 cm³/mol. The Labute approximate surface area is 140 Å². The zero-order valence-electron chi connectivity index (χ0n) is 14.1.